The minimum atomic E-state index is 0.227. The first-order chi connectivity index (χ1) is 13.7. The Balaban J connectivity index is 1.68. The molecule has 0 amide bonds. The third kappa shape index (κ3) is 2.99. The third-order valence-electron chi connectivity index (χ3n) is 5.32. The minimum Gasteiger partial charge on any atom is -0.376 e. The van der Waals surface area contributed by atoms with Crippen molar-refractivity contribution in [3.8, 4) is 11.4 Å². The van der Waals surface area contributed by atoms with Gasteiger partial charge in [0.2, 0.25) is 5.95 Å². The summed E-state index contributed by atoms with van der Waals surface area (Å²) in [7, 11) is 0. The molecule has 1 N–H and O–H groups in total. The van der Waals surface area contributed by atoms with E-state index in [2.05, 4.69) is 65.8 Å². The van der Waals surface area contributed by atoms with Crippen molar-refractivity contribution in [3.63, 3.8) is 0 Å². The summed E-state index contributed by atoms with van der Waals surface area (Å²) < 4.78 is 7.80. The number of rotatable bonds is 4. The first-order valence-corrected chi connectivity index (χ1v) is 9.77. The maximum Gasteiger partial charge on any atom is 0.211 e. The van der Waals surface area contributed by atoms with Crippen LogP contribution < -0.4 is 5.32 Å². The molecule has 1 atom stereocenters. The van der Waals surface area contributed by atoms with E-state index in [0.717, 1.165) is 59.9 Å². The first-order valence-electron chi connectivity index (χ1n) is 9.77. The Morgan fingerprint density at radius 1 is 1.07 bits per heavy atom. The molecule has 1 saturated heterocycles. The van der Waals surface area contributed by atoms with Gasteiger partial charge in [-0.15, -0.1) is 10.2 Å². The largest absolute Gasteiger partial charge is 0.376 e. The normalized spacial score (nSPS) is 16.9. The van der Waals surface area contributed by atoms with Crippen LogP contribution in [0.3, 0.4) is 0 Å². The fourth-order valence-electron chi connectivity index (χ4n) is 3.77. The molecule has 0 aliphatic carbocycles. The van der Waals surface area contributed by atoms with Crippen LogP contribution >= 0.6 is 0 Å². The van der Waals surface area contributed by atoms with Crippen LogP contribution in [0.15, 0.2) is 42.5 Å². The van der Waals surface area contributed by atoms with Crippen molar-refractivity contribution in [1.82, 2.24) is 19.6 Å². The predicted octanol–water partition coefficient (Wildman–Crippen LogP) is 4.15. The number of benzene rings is 2. The van der Waals surface area contributed by atoms with Gasteiger partial charge in [0, 0.05) is 24.1 Å². The average molecular weight is 373 g/mol. The Morgan fingerprint density at radius 2 is 1.89 bits per heavy atom. The van der Waals surface area contributed by atoms with Crippen LogP contribution in [-0.2, 0) is 4.74 Å². The zero-order valence-electron chi connectivity index (χ0n) is 16.1. The lowest BCUT2D eigenvalue weighted by molar-refractivity contribution is 0.120. The zero-order chi connectivity index (χ0) is 19.1. The van der Waals surface area contributed by atoms with Gasteiger partial charge in [-0.25, -0.2) is 9.38 Å². The maximum atomic E-state index is 5.77. The van der Waals surface area contributed by atoms with E-state index in [1.54, 1.807) is 0 Å². The number of hydrogen-bond donors (Lipinski definition) is 1. The Morgan fingerprint density at radius 3 is 2.68 bits per heavy atom. The van der Waals surface area contributed by atoms with Crippen molar-refractivity contribution in [2.24, 2.45) is 0 Å². The lowest BCUT2D eigenvalue weighted by Crippen LogP contribution is -2.20. The van der Waals surface area contributed by atoms with E-state index in [1.807, 2.05) is 10.5 Å². The maximum absolute atomic E-state index is 5.77. The summed E-state index contributed by atoms with van der Waals surface area (Å²) in [5.41, 5.74) is 5.15. The summed E-state index contributed by atoms with van der Waals surface area (Å²) in [6.07, 6.45) is 2.42. The van der Waals surface area contributed by atoms with Crippen molar-refractivity contribution >= 4 is 22.5 Å². The van der Waals surface area contributed by atoms with Crippen molar-refractivity contribution in [2.75, 3.05) is 18.5 Å². The van der Waals surface area contributed by atoms with Crippen LogP contribution in [0.1, 0.15) is 24.0 Å². The molecule has 1 aliphatic rings. The van der Waals surface area contributed by atoms with Crippen LogP contribution in [0.2, 0.25) is 0 Å². The summed E-state index contributed by atoms with van der Waals surface area (Å²) in [5.74, 6) is 1.54. The molecule has 0 radical (unpaired) electrons. The molecule has 3 heterocycles. The van der Waals surface area contributed by atoms with Crippen molar-refractivity contribution in [3.05, 3.63) is 53.6 Å². The Labute approximate surface area is 163 Å². The van der Waals surface area contributed by atoms with Gasteiger partial charge in [-0.05, 0) is 38.8 Å². The molecule has 2 aromatic heterocycles. The van der Waals surface area contributed by atoms with E-state index in [-0.39, 0.29) is 6.10 Å². The van der Waals surface area contributed by atoms with Crippen LogP contribution in [-0.4, -0.2) is 38.8 Å². The fourth-order valence-corrected chi connectivity index (χ4v) is 3.77. The van der Waals surface area contributed by atoms with Gasteiger partial charge in [-0.2, -0.15) is 0 Å². The topological polar surface area (TPSA) is 64.3 Å². The first kappa shape index (κ1) is 17.1. The molecule has 6 heteroatoms. The van der Waals surface area contributed by atoms with E-state index < -0.39 is 0 Å². The Bertz CT molecular complexity index is 1140. The third-order valence-corrected chi connectivity index (χ3v) is 5.32. The molecule has 0 bridgehead atoms. The quantitative estimate of drug-likeness (QED) is 0.582. The number of aromatic nitrogens is 4. The van der Waals surface area contributed by atoms with Gasteiger partial charge < -0.3 is 10.1 Å². The summed E-state index contributed by atoms with van der Waals surface area (Å²) in [6.45, 7) is 5.73. The van der Waals surface area contributed by atoms with Crippen LogP contribution in [0.25, 0.3) is 27.9 Å². The van der Waals surface area contributed by atoms with Gasteiger partial charge in [0.1, 0.15) is 0 Å². The Kier molecular flexibility index (Phi) is 4.20. The second-order valence-corrected chi connectivity index (χ2v) is 7.52. The van der Waals surface area contributed by atoms with E-state index in [4.69, 9.17) is 9.72 Å². The monoisotopic (exact) mass is 373 g/mol. The number of nitrogens with zero attached hydrogens (tertiary/aromatic N) is 4. The molecule has 1 fully saturated rings. The zero-order valence-corrected chi connectivity index (χ0v) is 16.1. The fraction of sp³-hybridized carbons (Fsp3) is 0.318. The molecule has 0 saturated carbocycles. The van der Waals surface area contributed by atoms with Crippen LogP contribution in [0.5, 0.6) is 0 Å². The smallest absolute Gasteiger partial charge is 0.211 e. The highest BCUT2D eigenvalue weighted by Gasteiger charge is 2.19. The molecule has 28 heavy (non-hydrogen) atoms. The summed E-state index contributed by atoms with van der Waals surface area (Å²) in [4.78, 5) is 4.90. The second kappa shape index (κ2) is 6.87. The average Bonchev–Trinajstić information content (AvgIpc) is 3.37. The van der Waals surface area contributed by atoms with Crippen molar-refractivity contribution < 1.29 is 4.74 Å². The molecule has 1 unspecified atom stereocenters. The number of ether oxygens (including phenoxy) is 1. The molecular weight excluding hydrogens is 350 g/mol. The van der Waals surface area contributed by atoms with E-state index in [0.29, 0.717) is 0 Å². The number of fused-ring (bicyclic) bond motifs is 3. The van der Waals surface area contributed by atoms with Gasteiger partial charge in [-0.3, -0.25) is 0 Å². The number of aryl methyl sites for hydroxylation is 2. The summed E-state index contributed by atoms with van der Waals surface area (Å²) >= 11 is 0. The van der Waals surface area contributed by atoms with Gasteiger partial charge in [0.05, 0.1) is 11.6 Å². The molecule has 2 aromatic carbocycles. The highest BCUT2D eigenvalue weighted by atomic mass is 16.5. The van der Waals surface area contributed by atoms with Gasteiger partial charge in [0.15, 0.2) is 11.5 Å². The van der Waals surface area contributed by atoms with Crippen LogP contribution in [0.4, 0.5) is 5.95 Å². The number of nitrogens with one attached hydrogen (secondary N) is 1. The minimum absolute atomic E-state index is 0.227. The SMILES string of the molecule is Cc1ccc(-c2nnc3c4cc(C)ccc4nc(NCC4CCCO4)n23)cc1. The molecule has 142 valence electrons. The molecule has 4 aromatic rings. The standard InChI is InChI=1S/C22H23N5O/c1-14-5-8-16(9-6-14)20-25-26-21-18-12-15(2)7-10-19(18)24-22(27(20)21)23-13-17-4-3-11-28-17/h5-10,12,17H,3-4,11,13H2,1-2H3,(H,23,24). The van der Waals surface area contributed by atoms with E-state index >= 15 is 0 Å². The summed E-state index contributed by atoms with van der Waals surface area (Å²) in [6, 6.07) is 14.6. The highest BCUT2D eigenvalue weighted by Crippen LogP contribution is 2.28. The number of hydrogen-bond acceptors (Lipinski definition) is 5. The lowest BCUT2D eigenvalue weighted by atomic mass is 10.1. The Hall–Kier alpha value is -2.99. The van der Waals surface area contributed by atoms with Crippen LogP contribution in [0, 0.1) is 13.8 Å². The van der Waals surface area contributed by atoms with Crippen molar-refractivity contribution in [2.45, 2.75) is 32.8 Å². The van der Waals surface area contributed by atoms with Gasteiger partial charge in [-0.1, -0.05) is 41.5 Å². The predicted molar refractivity (Wildman–Crippen MR) is 111 cm³/mol. The molecule has 0 spiro atoms. The van der Waals surface area contributed by atoms with Gasteiger partial charge in [0.25, 0.3) is 0 Å². The van der Waals surface area contributed by atoms with E-state index in [1.165, 1.54) is 11.1 Å². The van der Waals surface area contributed by atoms with Crippen molar-refractivity contribution in [1.29, 1.82) is 0 Å². The van der Waals surface area contributed by atoms with Gasteiger partial charge >= 0.3 is 0 Å². The van der Waals surface area contributed by atoms with E-state index in [9.17, 15) is 0 Å². The molecule has 5 rings (SSSR count). The molecule has 6 nitrogen and oxygen atoms in total. The lowest BCUT2D eigenvalue weighted by Gasteiger charge is -2.14. The highest BCUT2D eigenvalue weighted by molar-refractivity contribution is 5.93. The molecule has 1 aliphatic heterocycles. The second-order valence-electron chi connectivity index (χ2n) is 7.52. The molecular formula is C22H23N5O. The summed E-state index contributed by atoms with van der Waals surface area (Å²) in [5, 5.41) is 13.5. The number of anilines is 1.